The van der Waals surface area contributed by atoms with Crippen LogP contribution in [0, 0.1) is 0 Å². The zero-order valence-electron chi connectivity index (χ0n) is 16.8. The van der Waals surface area contributed by atoms with Gasteiger partial charge in [-0.3, -0.25) is 0 Å². The fourth-order valence-electron chi connectivity index (χ4n) is 3.99. The summed E-state index contributed by atoms with van der Waals surface area (Å²) in [5.41, 5.74) is 2.88. The number of likely N-dealkylation sites (tertiary alicyclic amines) is 1. The summed E-state index contributed by atoms with van der Waals surface area (Å²) in [7, 11) is 0. The van der Waals surface area contributed by atoms with Crippen molar-refractivity contribution in [3.05, 3.63) is 54.3 Å². The van der Waals surface area contributed by atoms with Crippen LogP contribution < -0.4 is 4.74 Å². The van der Waals surface area contributed by atoms with Crippen molar-refractivity contribution in [1.29, 1.82) is 0 Å². The molecule has 2 aromatic carbocycles. The number of rotatable bonds is 6. The van der Waals surface area contributed by atoms with Crippen molar-refractivity contribution in [2.24, 2.45) is 0 Å². The minimum Gasteiger partial charge on any atom is -0.464 e. The van der Waals surface area contributed by atoms with Gasteiger partial charge in [-0.15, -0.1) is 0 Å². The van der Waals surface area contributed by atoms with Crippen LogP contribution in [0.15, 0.2) is 53.1 Å². The number of aromatic nitrogens is 1. The zero-order valence-corrected chi connectivity index (χ0v) is 17.6. The van der Waals surface area contributed by atoms with Gasteiger partial charge in [-0.1, -0.05) is 23.5 Å². The highest BCUT2D eigenvalue weighted by molar-refractivity contribution is 7.20. The van der Waals surface area contributed by atoms with E-state index >= 15 is 0 Å². The van der Waals surface area contributed by atoms with Gasteiger partial charge in [0.2, 0.25) is 0 Å². The first-order valence-corrected chi connectivity index (χ1v) is 11.1. The highest BCUT2D eigenvalue weighted by Crippen LogP contribution is 2.33. The summed E-state index contributed by atoms with van der Waals surface area (Å²) in [6.07, 6.45) is 2.80. The van der Waals surface area contributed by atoms with Crippen LogP contribution in [-0.2, 0) is 11.2 Å². The second-order valence-corrected chi connectivity index (χ2v) is 8.64. The van der Waals surface area contributed by atoms with Crippen LogP contribution in [0.3, 0.4) is 0 Å². The van der Waals surface area contributed by atoms with Crippen molar-refractivity contribution in [2.75, 3.05) is 19.6 Å². The van der Waals surface area contributed by atoms with Crippen molar-refractivity contribution in [3.63, 3.8) is 0 Å². The van der Waals surface area contributed by atoms with Crippen molar-refractivity contribution < 1.29 is 23.8 Å². The summed E-state index contributed by atoms with van der Waals surface area (Å²) in [4.78, 5) is 17.5. The Morgan fingerprint density at radius 3 is 2.87 bits per heavy atom. The van der Waals surface area contributed by atoms with Gasteiger partial charge in [0.05, 0.1) is 16.5 Å². The highest BCUT2D eigenvalue weighted by atomic mass is 32.1. The smallest absolute Gasteiger partial charge is 0.464 e. The van der Waals surface area contributed by atoms with Gasteiger partial charge in [-0.25, -0.2) is 9.78 Å². The molecule has 0 amide bonds. The molecule has 0 saturated carbocycles. The molecule has 1 aliphatic heterocycles. The molecule has 2 aromatic heterocycles. The number of hydrogen-bond acceptors (Lipinski definition) is 7. The zero-order chi connectivity index (χ0) is 21.2. The van der Waals surface area contributed by atoms with E-state index in [9.17, 15) is 4.79 Å². The molecule has 8 heteroatoms. The molecule has 5 rings (SSSR count). The molecule has 1 saturated heterocycles. The lowest BCUT2D eigenvalue weighted by Gasteiger charge is -2.30. The molecule has 1 aliphatic rings. The van der Waals surface area contributed by atoms with Crippen LogP contribution in [0.5, 0.6) is 10.9 Å². The predicted molar refractivity (Wildman–Crippen MR) is 118 cm³/mol. The summed E-state index contributed by atoms with van der Waals surface area (Å²) in [5, 5.41) is 10.4. The molecule has 0 spiro atoms. The minimum absolute atomic E-state index is 0.183. The van der Waals surface area contributed by atoms with E-state index < -0.39 is 6.16 Å². The number of nitrogens with zero attached hydrogens (tertiary/aromatic N) is 2. The Bertz CT molecular complexity index is 1180. The molecule has 160 valence electrons. The summed E-state index contributed by atoms with van der Waals surface area (Å²) in [6, 6.07) is 13.8. The third-order valence-corrected chi connectivity index (χ3v) is 6.52. The van der Waals surface area contributed by atoms with E-state index in [4.69, 9.17) is 19.0 Å². The molecule has 0 unspecified atom stereocenters. The first-order chi connectivity index (χ1) is 15.1. The monoisotopic (exact) mass is 438 g/mol. The SMILES string of the molecule is O=C(O)OC1CCN(CCc2coc3cc(Oc4nc5ccccc5s4)ccc23)CC1. The van der Waals surface area contributed by atoms with Crippen LogP contribution >= 0.6 is 11.3 Å². The number of thiazole rings is 1. The number of piperidine rings is 1. The van der Waals surface area contributed by atoms with Crippen LogP contribution in [-0.4, -0.2) is 46.9 Å². The van der Waals surface area contributed by atoms with Gasteiger partial charge >= 0.3 is 6.16 Å². The van der Waals surface area contributed by atoms with Gasteiger partial charge in [-0.05, 0) is 49.1 Å². The number of carboxylic acid groups (broad SMARTS) is 1. The number of benzene rings is 2. The maximum absolute atomic E-state index is 10.7. The second-order valence-electron chi connectivity index (χ2n) is 7.64. The van der Waals surface area contributed by atoms with Crippen LogP contribution in [0.4, 0.5) is 4.79 Å². The quantitative estimate of drug-likeness (QED) is 0.396. The lowest BCUT2D eigenvalue weighted by Crippen LogP contribution is -2.38. The third-order valence-electron chi connectivity index (χ3n) is 5.61. The maximum Gasteiger partial charge on any atom is 0.506 e. The summed E-state index contributed by atoms with van der Waals surface area (Å²) >= 11 is 1.52. The van der Waals surface area contributed by atoms with Crippen molar-refractivity contribution >= 4 is 38.7 Å². The Morgan fingerprint density at radius 1 is 1.23 bits per heavy atom. The molecule has 3 heterocycles. The normalized spacial score (nSPS) is 15.5. The maximum atomic E-state index is 10.7. The summed E-state index contributed by atoms with van der Waals surface area (Å²) in [6.45, 7) is 2.58. The number of ether oxygens (including phenoxy) is 2. The average Bonchev–Trinajstić information content (AvgIpc) is 3.36. The first kappa shape index (κ1) is 19.8. The van der Waals surface area contributed by atoms with Gasteiger partial charge in [0.1, 0.15) is 17.4 Å². The lowest BCUT2D eigenvalue weighted by molar-refractivity contribution is 0.0201. The van der Waals surface area contributed by atoms with Crippen molar-refractivity contribution in [2.45, 2.75) is 25.4 Å². The fourth-order valence-corrected chi connectivity index (χ4v) is 4.82. The topological polar surface area (TPSA) is 85.0 Å². The molecule has 0 radical (unpaired) electrons. The number of furan rings is 1. The molecule has 0 aliphatic carbocycles. The molecular weight excluding hydrogens is 416 g/mol. The van der Waals surface area contributed by atoms with Gasteiger partial charge in [0.15, 0.2) is 0 Å². The van der Waals surface area contributed by atoms with E-state index in [-0.39, 0.29) is 6.10 Å². The Kier molecular flexibility index (Phi) is 5.48. The largest absolute Gasteiger partial charge is 0.506 e. The fraction of sp³-hybridized carbons (Fsp3) is 0.304. The molecule has 0 atom stereocenters. The number of fused-ring (bicyclic) bond motifs is 2. The Hall–Kier alpha value is -3.10. The second kappa shape index (κ2) is 8.56. The van der Waals surface area contributed by atoms with E-state index in [0.29, 0.717) is 10.9 Å². The average molecular weight is 439 g/mol. The van der Waals surface area contributed by atoms with Gasteiger partial charge < -0.3 is 23.9 Å². The molecule has 1 N–H and O–H groups in total. The standard InChI is InChI=1S/C23H22N2O5S/c26-23(27)30-16-8-11-25(12-9-16)10-7-15-14-28-20-13-17(5-6-18(15)20)29-22-24-19-3-1-2-4-21(19)31-22/h1-6,13-14,16H,7-12H2,(H,26,27). The Morgan fingerprint density at radius 2 is 2.06 bits per heavy atom. The molecule has 7 nitrogen and oxygen atoms in total. The molecule has 4 aromatic rings. The van der Waals surface area contributed by atoms with E-state index in [2.05, 4.69) is 9.88 Å². The Labute approximate surface area is 182 Å². The molecule has 0 bridgehead atoms. The van der Waals surface area contributed by atoms with E-state index in [1.807, 2.05) is 48.7 Å². The van der Waals surface area contributed by atoms with Crippen LogP contribution in [0.25, 0.3) is 21.2 Å². The van der Waals surface area contributed by atoms with Gasteiger partial charge in [0, 0.05) is 31.1 Å². The van der Waals surface area contributed by atoms with E-state index in [1.165, 1.54) is 11.3 Å². The number of para-hydroxylation sites is 1. The molecule has 31 heavy (non-hydrogen) atoms. The van der Waals surface area contributed by atoms with Crippen molar-refractivity contribution in [1.82, 2.24) is 9.88 Å². The predicted octanol–water partition coefficient (Wildman–Crippen LogP) is 5.54. The summed E-state index contributed by atoms with van der Waals surface area (Å²) < 4.78 is 17.7. The van der Waals surface area contributed by atoms with E-state index in [1.54, 1.807) is 0 Å². The van der Waals surface area contributed by atoms with Crippen LogP contribution in [0.1, 0.15) is 18.4 Å². The first-order valence-electron chi connectivity index (χ1n) is 10.3. The molecular formula is C23H22N2O5S. The van der Waals surface area contributed by atoms with Gasteiger partial charge in [-0.2, -0.15) is 0 Å². The number of hydrogen-bond donors (Lipinski definition) is 1. The molecule has 1 fully saturated rings. The Balaban J connectivity index is 1.21. The third kappa shape index (κ3) is 4.50. The minimum atomic E-state index is -1.19. The van der Waals surface area contributed by atoms with Gasteiger partial charge in [0.25, 0.3) is 5.19 Å². The lowest BCUT2D eigenvalue weighted by atomic mass is 10.1. The summed E-state index contributed by atoms with van der Waals surface area (Å²) in [5.74, 6) is 0.702. The van der Waals surface area contributed by atoms with Crippen molar-refractivity contribution in [3.8, 4) is 10.9 Å². The number of carbonyl (C=O) groups is 1. The van der Waals surface area contributed by atoms with Crippen LogP contribution in [0.2, 0.25) is 0 Å². The highest BCUT2D eigenvalue weighted by Gasteiger charge is 2.22. The van der Waals surface area contributed by atoms with E-state index in [0.717, 1.165) is 65.6 Å².